The molecule has 0 saturated heterocycles. The van der Waals surface area contributed by atoms with Crippen molar-refractivity contribution >= 4 is 34.3 Å². The van der Waals surface area contributed by atoms with E-state index in [2.05, 4.69) is 13.0 Å². The van der Waals surface area contributed by atoms with E-state index in [0.29, 0.717) is 21.1 Å². The van der Waals surface area contributed by atoms with Crippen LogP contribution in [0.4, 0.5) is 0 Å². The minimum absolute atomic E-state index is 0.0360. The predicted octanol–water partition coefficient (Wildman–Crippen LogP) is 6.51. The summed E-state index contributed by atoms with van der Waals surface area (Å²) in [5, 5.41) is 2.02. The molecule has 5 heteroatoms. The third-order valence-electron chi connectivity index (χ3n) is 4.83. The lowest BCUT2D eigenvalue weighted by atomic mass is 10.1. The van der Waals surface area contributed by atoms with E-state index in [1.54, 1.807) is 16.3 Å². The summed E-state index contributed by atoms with van der Waals surface area (Å²) in [5.41, 5.74) is 4.71. The quantitative estimate of drug-likeness (QED) is 0.279. The zero-order valence-corrected chi connectivity index (χ0v) is 18.1. The average molecular weight is 421 g/mol. The molecule has 0 amide bonds. The van der Waals surface area contributed by atoms with Crippen LogP contribution in [0.3, 0.4) is 0 Å². The smallest absolute Gasteiger partial charge is 0.266 e. The fourth-order valence-corrected chi connectivity index (χ4v) is 4.98. The van der Waals surface area contributed by atoms with Gasteiger partial charge in [0.25, 0.3) is 5.56 Å². The Morgan fingerprint density at radius 2 is 1.62 bits per heavy atom. The van der Waals surface area contributed by atoms with Crippen LogP contribution in [0.15, 0.2) is 76.7 Å². The summed E-state index contributed by atoms with van der Waals surface area (Å²) in [6.07, 6.45) is 0. The molecule has 1 heterocycles. The minimum atomic E-state index is -0.0607. The number of aromatic nitrogens is 2. The molecule has 4 aromatic rings. The molecule has 0 spiro atoms. The highest BCUT2D eigenvalue weighted by Crippen LogP contribution is 2.37. The van der Waals surface area contributed by atoms with Crippen molar-refractivity contribution in [2.45, 2.75) is 31.2 Å². The Hall–Kier alpha value is -2.56. The van der Waals surface area contributed by atoms with Crippen LogP contribution in [0.25, 0.3) is 16.6 Å². The molecule has 0 aliphatic rings. The van der Waals surface area contributed by atoms with Crippen LogP contribution in [-0.2, 0) is 0 Å². The van der Waals surface area contributed by atoms with Crippen molar-refractivity contribution < 1.29 is 0 Å². The summed E-state index contributed by atoms with van der Waals surface area (Å²) in [7, 11) is 0. The highest BCUT2D eigenvalue weighted by molar-refractivity contribution is 7.99. The maximum Gasteiger partial charge on any atom is 0.266 e. The number of halogens is 1. The van der Waals surface area contributed by atoms with Gasteiger partial charge in [0.2, 0.25) is 0 Å². The van der Waals surface area contributed by atoms with Crippen LogP contribution < -0.4 is 5.56 Å². The number of benzene rings is 3. The largest absolute Gasteiger partial charge is 0.268 e. The topological polar surface area (TPSA) is 34.9 Å². The Labute approximate surface area is 179 Å². The summed E-state index contributed by atoms with van der Waals surface area (Å²) in [5.74, 6) is 0. The van der Waals surface area contributed by atoms with Gasteiger partial charge in [0.1, 0.15) is 0 Å². The number of hydrogen-bond acceptors (Lipinski definition) is 3. The van der Waals surface area contributed by atoms with Crippen molar-refractivity contribution in [2.75, 3.05) is 0 Å². The molecule has 4 rings (SSSR count). The molecule has 0 bridgehead atoms. The molecule has 0 radical (unpaired) electrons. The minimum Gasteiger partial charge on any atom is -0.268 e. The van der Waals surface area contributed by atoms with E-state index >= 15 is 0 Å². The fourth-order valence-electron chi connectivity index (χ4n) is 3.53. The molecular weight excluding hydrogens is 400 g/mol. The molecule has 1 atom stereocenters. The maximum atomic E-state index is 13.4. The van der Waals surface area contributed by atoms with Gasteiger partial charge >= 0.3 is 0 Å². The van der Waals surface area contributed by atoms with E-state index < -0.39 is 0 Å². The Kier molecular flexibility index (Phi) is 5.48. The molecule has 0 N–H and O–H groups in total. The van der Waals surface area contributed by atoms with Crippen LogP contribution in [0.1, 0.15) is 28.9 Å². The summed E-state index contributed by atoms with van der Waals surface area (Å²) >= 11 is 7.95. The first-order chi connectivity index (χ1) is 13.9. The molecule has 0 unspecified atom stereocenters. The van der Waals surface area contributed by atoms with E-state index in [4.69, 9.17) is 16.6 Å². The van der Waals surface area contributed by atoms with E-state index in [0.717, 1.165) is 22.4 Å². The lowest BCUT2D eigenvalue weighted by Crippen LogP contribution is -2.22. The van der Waals surface area contributed by atoms with Crippen molar-refractivity contribution in [3.63, 3.8) is 0 Å². The number of nitrogens with zero attached hydrogens (tertiary/aromatic N) is 2. The Bertz CT molecular complexity index is 1250. The second-order valence-electron chi connectivity index (χ2n) is 7.18. The summed E-state index contributed by atoms with van der Waals surface area (Å²) in [6.45, 7) is 6.16. The number of hydrogen-bond donors (Lipinski definition) is 0. The molecule has 0 aliphatic heterocycles. The number of fused-ring (bicyclic) bond motifs is 1. The lowest BCUT2D eigenvalue weighted by Gasteiger charge is -2.18. The van der Waals surface area contributed by atoms with Gasteiger partial charge in [0.15, 0.2) is 5.16 Å². The van der Waals surface area contributed by atoms with Crippen LogP contribution in [0.2, 0.25) is 5.02 Å². The average Bonchev–Trinajstić information content (AvgIpc) is 2.67. The van der Waals surface area contributed by atoms with E-state index in [1.807, 2.05) is 74.5 Å². The zero-order chi connectivity index (χ0) is 20.5. The lowest BCUT2D eigenvalue weighted by molar-refractivity contribution is 0.813. The summed E-state index contributed by atoms with van der Waals surface area (Å²) in [4.78, 5) is 18.3. The third kappa shape index (κ3) is 3.96. The third-order valence-corrected chi connectivity index (χ3v) is 6.27. The van der Waals surface area contributed by atoms with Gasteiger partial charge in [-0.1, -0.05) is 59.8 Å². The van der Waals surface area contributed by atoms with Gasteiger partial charge in [-0.15, -0.1) is 0 Å². The van der Waals surface area contributed by atoms with Gasteiger partial charge in [-0.05, 0) is 67.8 Å². The normalized spacial score (nSPS) is 12.3. The number of aryl methyl sites for hydroxylation is 2. The summed E-state index contributed by atoms with van der Waals surface area (Å²) < 4.78 is 1.72. The van der Waals surface area contributed by atoms with Crippen LogP contribution >= 0.6 is 23.4 Å². The maximum absolute atomic E-state index is 13.4. The standard InChI is InChI=1S/C24H21ClN2OS/c1-15-12-16(2)14-18(13-15)27-23(28)20-9-5-7-11-22(20)26-24(27)29-17(3)19-8-4-6-10-21(19)25/h4-14,17H,1-3H3/t17-/m1/s1. The van der Waals surface area contributed by atoms with E-state index in [9.17, 15) is 4.79 Å². The molecule has 0 aliphatic carbocycles. The second kappa shape index (κ2) is 8.05. The number of rotatable bonds is 4. The zero-order valence-electron chi connectivity index (χ0n) is 16.5. The van der Waals surface area contributed by atoms with Gasteiger partial charge in [-0.25, -0.2) is 4.98 Å². The van der Waals surface area contributed by atoms with E-state index in [-0.39, 0.29) is 10.8 Å². The molecule has 29 heavy (non-hydrogen) atoms. The van der Waals surface area contributed by atoms with Gasteiger partial charge in [0.05, 0.1) is 16.6 Å². The molecule has 3 aromatic carbocycles. The molecule has 0 saturated carbocycles. The SMILES string of the molecule is Cc1cc(C)cc(-n2c(S[C@H](C)c3ccccc3Cl)nc3ccccc3c2=O)c1. The molecule has 1 aromatic heterocycles. The van der Waals surface area contributed by atoms with Gasteiger partial charge in [-0.2, -0.15) is 0 Å². The molecular formula is C24H21ClN2OS. The van der Waals surface area contributed by atoms with Crippen molar-refractivity contribution in [1.82, 2.24) is 9.55 Å². The fraction of sp³-hybridized carbons (Fsp3) is 0.167. The number of thioether (sulfide) groups is 1. The first-order valence-electron chi connectivity index (χ1n) is 9.45. The van der Waals surface area contributed by atoms with Gasteiger partial charge in [-0.3, -0.25) is 9.36 Å². The first kappa shape index (κ1) is 19.7. The monoisotopic (exact) mass is 420 g/mol. The predicted molar refractivity (Wildman–Crippen MR) is 123 cm³/mol. The second-order valence-corrected chi connectivity index (χ2v) is 8.89. The Morgan fingerprint density at radius 3 is 2.34 bits per heavy atom. The van der Waals surface area contributed by atoms with Gasteiger partial charge in [0, 0.05) is 10.3 Å². The van der Waals surface area contributed by atoms with Crippen molar-refractivity contribution in [3.05, 3.63) is 98.8 Å². The van der Waals surface area contributed by atoms with Crippen LogP contribution in [-0.4, -0.2) is 9.55 Å². The van der Waals surface area contributed by atoms with Crippen molar-refractivity contribution in [3.8, 4) is 5.69 Å². The first-order valence-corrected chi connectivity index (χ1v) is 10.7. The molecule has 146 valence electrons. The Morgan fingerprint density at radius 1 is 0.966 bits per heavy atom. The van der Waals surface area contributed by atoms with E-state index in [1.165, 1.54) is 0 Å². The molecule has 0 fully saturated rings. The van der Waals surface area contributed by atoms with Gasteiger partial charge < -0.3 is 0 Å². The van der Waals surface area contributed by atoms with Crippen molar-refractivity contribution in [1.29, 1.82) is 0 Å². The number of para-hydroxylation sites is 1. The molecule has 3 nitrogen and oxygen atoms in total. The van der Waals surface area contributed by atoms with Crippen molar-refractivity contribution in [2.24, 2.45) is 0 Å². The van der Waals surface area contributed by atoms with Crippen LogP contribution in [0, 0.1) is 13.8 Å². The summed E-state index contributed by atoms with van der Waals surface area (Å²) in [6, 6.07) is 21.4. The Balaban J connectivity index is 1.92. The highest BCUT2D eigenvalue weighted by Gasteiger charge is 2.18. The van der Waals surface area contributed by atoms with Crippen LogP contribution in [0.5, 0.6) is 0 Å². The highest BCUT2D eigenvalue weighted by atomic mass is 35.5.